The standard InChI is InChI=1S/C19H21N3O3S/c1-3-24-15-8-6-14(7-9-15)13-22(2)18(23)11-10-17-20-19(21-25-17)16-5-4-12-26-16/h4-9,12H,3,10-11,13H2,1-2H3. The maximum Gasteiger partial charge on any atom is 0.227 e. The van der Waals surface area contributed by atoms with Crippen molar-refractivity contribution in [3.8, 4) is 16.5 Å². The van der Waals surface area contributed by atoms with Gasteiger partial charge in [0.2, 0.25) is 17.6 Å². The van der Waals surface area contributed by atoms with Crippen LogP contribution in [0.3, 0.4) is 0 Å². The van der Waals surface area contributed by atoms with Crippen LogP contribution in [0, 0.1) is 0 Å². The number of ether oxygens (including phenoxy) is 1. The highest BCUT2D eigenvalue weighted by Crippen LogP contribution is 2.21. The third-order valence-corrected chi connectivity index (χ3v) is 4.71. The first kappa shape index (κ1) is 18.1. The molecule has 26 heavy (non-hydrogen) atoms. The van der Waals surface area contributed by atoms with E-state index in [-0.39, 0.29) is 5.91 Å². The summed E-state index contributed by atoms with van der Waals surface area (Å²) in [4.78, 5) is 19.3. The van der Waals surface area contributed by atoms with E-state index in [0.29, 0.717) is 37.7 Å². The van der Waals surface area contributed by atoms with Crippen molar-refractivity contribution in [1.29, 1.82) is 0 Å². The Labute approximate surface area is 156 Å². The average Bonchev–Trinajstić information content (AvgIpc) is 3.33. The molecule has 2 aromatic heterocycles. The van der Waals surface area contributed by atoms with Crippen molar-refractivity contribution in [2.45, 2.75) is 26.3 Å². The molecule has 0 spiro atoms. The number of nitrogens with zero attached hydrogens (tertiary/aromatic N) is 3. The average molecular weight is 371 g/mol. The maximum atomic E-state index is 12.3. The van der Waals surface area contributed by atoms with Crippen molar-refractivity contribution in [1.82, 2.24) is 15.0 Å². The Hall–Kier alpha value is -2.67. The maximum absolute atomic E-state index is 12.3. The number of aryl methyl sites for hydroxylation is 1. The lowest BCUT2D eigenvalue weighted by Gasteiger charge is -2.17. The molecule has 1 amide bonds. The van der Waals surface area contributed by atoms with Gasteiger partial charge in [0.25, 0.3) is 0 Å². The summed E-state index contributed by atoms with van der Waals surface area (Å²) in [5.41, 5.74) is 1.06. The first-order valence-electron chi connectivity index (χ1n) is 8.48. The van der Waals surface area contributed by atoms with E-state index in [9.17, 15) is 4.79 Å². The molecule has 0 radical (unpaired) electrons. The van der Waals surface area contributed by atoms with Crippen LogP contribution in [0.25, 0.3) is 10.7 Å². The van der Waals surface area contributed by atoms with Crippen molar-refractivity contribution in [2.75, 3.05) is 13.7 Å². The fraction of sp³-hybridized carbons (Fsp3) is 0.316. The van der Waals surface area contributed by atoms with E-state index < -0.39 is 0 Å². The SMILES string of the molecule is CCOc1ccc(CN(C)C(=O)CCc2nc(-c3cccs3)no2)cc1. The highest BCUT2D eigenvalue weighted by molar-refractivity contribution is 7.13. The van der Waals surface area contributed by atoms with Gasteiger partial charge in [0, 0.05) is 26.4 Å². The molecule has 0 saturated carbocycles. The van der Waals surface area contributed by atoms with E-state index in [1.807, 2.05) is 48.7 Å². The molecule has 0 aliphatic rings. The predicted octanol–water partition coefficient (Wildman–Crippen LogP) is 3.79. The van der Waals surface area contributed by atoms with Gasteiger partial charge in [-0.05, 0) is 36.1 Å². The van der Waals surface area contributed by atoms with Crippen molar-refractivity contribution >= 4 is 17.2 Å². The van der Waals surface area contributed by atoms with E-state index in [1.54, 1.807) is 23.3 Å². The van der Waals surface area contributed by atoms with Gasteiger partial charge in [0.15, 0.2) is 0 Å². The number of aromatic nitrogens is 2. The van der Waals surface area contributed by atoms with Crippen LogP contribution in [0.15, 0.2) is 46.3 Å². The quantitative estimate of drug-likeness (QED) is 0.603. The van der Waals surface area contributed by atoms with Gasteiger partial charge in [-0.15, -0.1) is 11.3 Å². The molecule has 0 N–H and O–H groups in total. The third kappa shape index (κ3) is 4.70. The Morgan fingerprint density at radius 3 is 2.77 bits per heavy atom. The topological polar surface area (TPSA) is 68.5 Å². The molecular formula is C19H21N3O3S. The Bertz CT molecular complexity index is 828. The zero-order chi connectivity index (χ0) is 18.4. The van der Waals surface area contributed by atoms with Crippen LogP contribution < -0.4 is 4.74 Å². The van der Waals surface area contributed by atoms with Gasteiger partial charge in [-0.1, -0.05) is 23.4 Å². The summed E-state index contributed by atoms with van der Waals surface area (Å²) in [6, 6.07) is 11.7. The van der Waals surface area contributed by atoms with Gasteiger partial charge in [-0.3, -0.25) is 4.79 Å². The second-order valence-corrected chi connectivity index (χ2v) is 6.76. The van der Waals surface area contributed by atoms with Gasteiger partial charge in [0.05, 0.1) is 11.5 Å². The molecule has 6 nitrogen and oxygen atoms in total. The zero-order valence-electron chi connectivity index (χ0n) is 14.8. The fourth-order valence-electron chi connectivity index (χ4n) is 2.49. The fourth-order valence-corrected chi connectivity index (χ4v) is 3.14. The predicted molar refractivity (Wildman–Crippen MR) is 100 cm³/mol. The molecule has 0 aliphatic heterocycles. The van der Waals surface area contributed by atoms with E-state index in [4.69, 9.17) is 9.26 Å². The normalized spacial score (nSPS) is 10.7. The second-order valence-electron chi connectivity index (χ2n) is 5.82. The summed E-state index contributed by atoms with van der Waals surface area (Å²) in [5, 5.41) is 5.92. The molecule has 0 saturated heterocycles. The lowest BCUT2D eigenvalue weighted by Crippen LogP contribution is -2.26. The molecule has 0 fully saturated rings. The number of thiophene rings is 1. The molecule has 7 heteroatoms. The van der Waals surface area contributed by atoms with Crippen LogP contribution in [0.1, 0.15) is 24.8 Å². The summed E-state index contributed by atoms with van der Waals surface area (Å²) in [6.45, 7) is 3.14. The number of carbonyl (C=O) groups is 1. The highest BCUT2D eigenvalue weighted by Gasteiger charge is 2.14. The van der Waals surface area contributed by atoms with Crippen molar-refractivity contribution in [3.05, 3.63) is 53.2 Å². The van der Waals surface area contributed by atoms with E-state index in [1.165, 1.54) is 0 Å². The summed E-state index contributed by atoms with van der Waals surface area (Å²) in [6.07, 6.45) is 0.768. The van der Waals surface area contributed by atoms with E-state index in [0.717, 1.165) is 16.2 Å². The lowest BCUT2D eigenvalue weighted by molar-refractivity contribution is -0.130. The number of benzene rings is 1. The van der Waals surface area contributed by atoms with Crippen LogP contribution in [0.4, 0.5) is 0 Å². The van der Waals surface area contributed by atoms with Gasteiger partial charge >= 0.3 is 0 Å². The highest BCUT2D eigenvalue weighted by atomic mass is 32.1. The van der Waals surface area contributed by atoms with E-state index in [2.05, 4.69) is 10.1 Å². The lowest BCUT2D eigenvalue weighted by atomic mass is 10.2. The first-order chi connectivity index (χ1) is 12.7. The van der Waals surface area contributed by atoms with Crippen LogP contribution in [0.2, 0.25) is 0 Å². The van der Waals surface area contributed by atoms with Crippen LogP contribution in [0.5, 0.6) is 5.75 Å². The molecule has 3 rings (SSSR count). The van der Waals surface area contributed by atoms with Gasteiger partial charge in [-0.2, -0.15) is 4.98 Å². The molecule has 136 valence electrons. The summed E-state index contributed by atoms with van der Waals surface area (Å²) >= 11 is 1.55. The molecule has 0 unspecified atom stereocenters. The molecule has 0 aliphatic carbocycles. The molecular weight excluding hydrogens is 350 g/mol. The van der Waals surface area contributed by atoms with Crippen molar-refractivity contribution in [2.24, 2.45) is 0 Å². The Morgan fingerprint density at radius 1 is 1.27 bits per heavy atom. The number of hydrogen-bond acceptors (Lipinski definition) is 6. The Balaban J connectivity index is 1.49. The number of hydrogen-bond donors (Lipinski definition) is 0. The van der Waals surface area contributed by atoms with Gasteiger partial charge in [-0.25, -0.2) is 0 Å². The minimum absolute atomic E-state index is 0.0368. The molecule has 0 bridgehead atoms. The zero-order valence-corrected chi connectivity index (χ0v) is 15.7. The molecule has 3 aromatic rings. The largest absolute Gasteiger partial charge is 0.494 e. The van der Waals surface area contributed by atoms with Crippen LogP contribution >= 0.6 is 11.3 Å². The van der Waals surface area contributed by atoms with Gasteiger partial charge in [0.1, 0.15) is 5.75 Å². The minimum Gasteiger partial charge on any atom is -0.494 e. The van der Waals surface area contributed by atoms with Crippen LogP contribution in [-0.4, -0.2) is 34.6 Å². The van der Waals surface area contributed by atoms with Crippen molar-refractivity contribution < 1.29 is 14.1 Å². The third-order valence-electron chi connectivity index (χ3n) is 3.84. The summed E-state index contributed by atoms with van der Waals surface area (Å²) in [7, 11) is 1.80. The minimum atomic E-state index is 0.0368. The monoisotopic (exact) mass is 371 g/mol. The Kier molecular flexibility index (Phi) is 6.01. The second kappa shape index (κ2) is 8.62. The number of rotatable bonds is 8. The first-order valence-corrected chi connectivity index (χ1v) is 9.36. The Morgan fingerprint density at radius 2 is 2.08 bits per heavy atom. The van der Waals surface area contributed by atoms with Crippen molar-refractivity contribution in [3.63, 3.8) is 0 Å². The van der Waals surface area contributed by atoms with Crippen LogP contribution in [-0.2, 0) is 17.8 Å². The molecule has 2 heterocycles. The summed E-state index contributed by atoms with van der Waals surface area (Å²) in [5.74, 6) is 1.93. The number of carbonyl (C=O) groups excluding carboxylic acids is 1. The smallest absolute Gasteiger partial charge is 0.227 e. The summed E-state index contributed by atoms with van der Waals surface area (Å²) < 4.78 is 10.7. The molecule has 1 aromatic carbocycles. The van der Waals surface area contributed by atoms with Gasteiger partial charge < -0.3 is 14.2 Å². The molecule has 0 atom stereocenters. The van der Waals surface area contributed by atoms with E-state index >= 15 is 0 Å². The number of amides is 1.